The number of amides is 1. The van der Waals surface area contributed by atoms with Crippen molar-refractivity contribution in [3.63, 3.8) is 0 Å². The molecule has 0 radical (unpaired) electrons. The third-order valence-electron chi connectivity index (χ3n) is 3.35. The molecule has 0 spiro atoms. The fraction of sp³-hybridized carbons (Fsp3) is 0.125. The van der Waals surface area contributed by atoms with E-state index in [4.69, 9.17) is 0 Å². The number of anilines is 1. The minimum Gasteiger partial charge on any atom is -0.324 e. The SMILES string of the molecule is Cc1cc(Br)ccc1NC(=O)Cn1nc(-n2cccn2)ccc1=O. The zero-order valence-electron chi connectivity index (χ0n) is 12.8. The van der Waals surface area contributed by atoms with E-state index in [0.29, 0.717) is 11.5 Å². The van der Waals surface area contributed by atoms with Crippen molar-refractivity contribution in [1.29, 1.82) is 0 Å². The second-order valence-corrected chi connectivity index (χ2v) is 6.06. The Morgan fingerprint density at radius 3 is 2.83 bits per heavy atom. The first-order valence-electron chi connectivity index (χ1n) is 7.17. The first-order valence-corrected chi connectivity index (χ1v) is 7.96. The average Bonchev–Trinajstić information content (AvgIpc) is 3.07. The molecule has 0 bridgehead atoms. The number of carbonyl (C=O) groups excluding carboxylic acids is 1. The highest BCUT2D eigenvalue weighted by molar-refractivity contribution is 9.10. The van der Waals surface area contributed by atoms with Gasteiger partial charge in [-0.2, -0.15) is 5.10 Å². The molecule has 3 aromatic rings. The van der Waals surface area contributed by atoms with Gasteiger partial charge in [0.15, 0.2) is 5.82 Å². The van der Waals surface area contributed by atoms with Gasteiger partial charge in [0.05, 0.1) is 0 Å². The molecule has 0 aliphatic rings. The highest BCUT2D eigenvalue weighted by atomic mass is 79.9. The van der Waals surface area contributed by atoms with E-state index < -0.39 is 0 Å². The smallest absolute Gasteiger partial charge is 0.267 e. The van der Waals surface area contributed by atoms with Gasteiger partial charge in [-0.3, -0.25) is 9.59 Å². The molecule has 7 nitrogen and oxygen atoms in total. The summed E-state index contributed by atoms with van der Waals surface area (Å²) in [5.74, 6) is 0.139. The number of aryl methyl sites for hydroxylation is 1. The molecule has 2 aromatic heterocycles. The van der Waals surface area contributed by atoms with Crippen molar-refractivity contribution in [3.05, 3.63) is 69.2 Å². The molecule has 0 saturated heterocycles. The lowest BCUT2D eigenvalue weighted by molar-refractivity contribution is -0.117. The lowest BCUT2D eigenvalue weighted by Gasteiger charge is -2.10. The van der Waals surface area contributed by atoms with E-state index >= 15 is 0 Å². The van der Waals surface area contributed by atoms with Crippen molar-refractivity contribution in [3.8, 4) is 5.82 Å². The predicted molar refractivity (Wildman–Crippen MR) is 93.1 cm³/mol. The normalized spacial score (nSPS) is 10.6. The molecule has 0 saturated carbocycles. The van der Waals surface area contributed by atoms with Gasteiger partial charge in [0.25, 0.3) is 5.56 Å². The number of hydrogen-bond donors (Lipinski definition) is 1. The average molecular weight is 388 g/mol. The molecule has 0 aliphatic heterocycles. The highest BCUT2D eigenvalue weighted by Crippen LogP contribution is 2.19. The van der Waals surface area contributed by atoms with Gasteiger partial charge < -0.3 is 5.32 Å². The van der Waals surface area contributed by atoms with Crippen molar-refractivity contribution >= 4 is 27.5 Å². The second-order valence-electron chi connectivity index (χ2n) is 5.15. The minimum absolute atomic E-state index is 0.177. The zero-order valence-corrected chi connectivity index (χ0v) is 14.4. The van der Waals surface area contributed by atoms with Gasteiger partial charge in [-0.05, 0) is 42.8 Å². The Bertz CT molecular complexity index is 934. The molecule has 8 heteroatoms. The van der Waals surface area contributed by atoms with Crippen LogP contribution in [0.25, 0.3) is 5.82 Å². The third kappa shape index (κ3) is 3.60. The zero-order chi connectivity index (χ0) is 17.1. The van der Waals surface area contributed by atoms with E-state index in [1.807, 2.05) is 19.1 Å². The van der Waals surface area contributed by atoms with Crippen LogP contribution in [0, 0.1) is 6.92 Å². The minimum atomic E-state index is -0.353. The van der Waals surface area contributed by atoms with Gasteiger partial charge in [0.2, 0.25) is 5.91 Å². The van der Waals surface area contributed by atoms with E-state index in [0.717, 1.165) is 14.7 Å². The maximum Gasteiger partial charge on any atom is 0.267 e. The van der Waals surface area contributed by atoms with Gasteiger partial charge >= 0.3 is 0 Å². The highest BCUT2D eigenvalue weighted by Gasteiger charge is 2.09. The Hall–Kier alpha value is -2.74. The summed E-state index contributed by atoms with van der Waals surface area (Å²) in [6, 6.07) is 10.2. The Kier molecular flexibility index (Phi) is 4.57. The van der Waals surface area contributed by atoms with Crippen LogP contribution in [-0.2, 0) is 11.3 Å². The Morgan fingerprint density at radius 1 is 1.29 bits per heavy atom. The topological polar surface area (TPSA) is 81.8 Å². The van der Waals surface area contributed by atoms with Crippen molar-refractivity contribution < 1.29 is 4.79 Å². The maximum absolute atomic E-state index is 12.2. The summed E-state index contributed by atoms with van der Waals surface area (Å²) >= 11 is 3.38. The number of rotatable bonds is 4. The summed E-state index contributed by atoms with van der Waals surface area (Å²) in [4.78, 5) is 24.1. The lowest BCUT2D eigenvalue weighted by atomic mass is 10.2. The number of hydrogen-bond acceptors (Lipinski definition) is 4. The van der Waals surface area contributed by atoms with Crippen LogP contribution in [0.4, 0.5) is 5.69 Å². The summed E-state index contributed by atoms with van der Waals surface area (Å²) in [6.07, 6.45) is 3.32. The summed E-state index contributed by atoms with van der Waals surface area (Å²) < 4.78 is 3.57. The van der Waals surface area contributed by atoms with E-state index in [9.17, 15) is 9.59 Å². The van der Waals surface area contributed by atoms with Crippen molar-refractivity contribution in [2.45, 2.75) is 13.5 Å². The lowest BCUT2D eigenvalue weighted by Crippen LogP contribution is -2.30. The molecule has 2 heterocycles. The molecule has 1 N–H and O–H groups in total. The fourth-order valence-electron chi connectivity index (χ4n) is 2.17. The number of carbonyl (C=O) groups is 1. The quantitative estimate of drug-likeness (QED) is 0.743. The maximum atomic E-state index is 12.2. The van der Waals surface area contributed by atoms with Crippen LogP contribution in [-0.4, -0.2) is 25.5 Å². The molecule has 1 amide bonds. The molecule has 122 valence electrons. The summed E-state index contributed by atoms with van der Waals surface area (Å²) in [6.45, 7) is 1.71. The van der Waals surface area contributed by atoms with Gasteiger partial charge in [-0.1, -0.05) is 15.9 Å². The van der Waals surface area contributed by atoms with Gasteiger partial charge in [0, 0.05) is 28.6 Å². The van der Waals surface area contributed by atoms with Crippen LogP contribution >= 0.6 is 15.9 Å². The number of nitrogens with zero attached hydrogens (tertiary/aromatic N) is 4. The molecule has 0 atom stereocenters. The second kappa shape index (κ2) is 6.79. The summed E-state index contributed by atoms with van der Waals surface area (Å²) in [5.41, 5.74) is 1.26. The molecule has 0 aliphatic carbocycles. The van der Waals surface area contributed by atoms with Crippen LogP contribution in [0.1, 0.15) is 5.56 Å². The predicted octanol–water partition coefficient (Wildman–Crippen LogP) is 2.14. The van der Waals surface area contributed by atoms with Gasteiger partial charge in [-0.15, -0.1) is 5.10 Å². The number of halogens is 1. The summed E-state index contributed by atoms with van der Waals surface area (Å²) in [7, 11) is 0. The molecule has 0 unspecified atom stereocenters. The molecule has 24 heavy (non-hydrogen) atoms. The third-order valence-corrected chi connectivity index (χ3v) is 3.84. The van der Waals surface area contributed by atoms with Crippen LogP contribution in [0.3, 0.4) is 0 Å². The standard InChI is InChI=1S/C16H14BrN5O2/c1-11-9-12(17)3-4-13(11)19-15(23)10-22-16(24)6-5-14(20-22)21-8-2-7-18-21/h2-9H,10H2,1H3,(H,19,23). The van der Waals surface area contributed by atoms with E-state index in [2.05, 4.69) is 31.4 Å². The molecule has 1 aromatic carbocycles. The Balaban J connectivity index is 1.79. The van der Waals surface area contributed by atoms with E-state index in [1.165, 1.54) is 10.7 Å². The number of nitrogens with one attached hydrogen (secondary N) is 1. The molecular weight excluding hydrogens is 374 g/mol. The van der Waals surface area contributed by atoms with Crippen LogP contribution < -0.4 is 10.9 Å². The van der Waals surface area contributed by atoms with E-state index in [-0.39, 0.29) is 18.0 Å². The Morgan fingerprint density at radius 2 is 2.12 bits per heavy atom. The van der Waals surface area contributed by atoms with Crippen LogP contribution in [0.5, 0.6) is 0 Å². The van der Waals surface area contributed by atoms with Crippen molar-refractivity contribution in [2.24, 2.45) is 0 Å². The fourth-order valence-corrected chi connectivity index (χ4v) is 2.65. The van der Waals surface area contributed by atoms with Gasteiger partial charge in [-0.25, -0.2) is 9.36 Å². The number of aromatic nitrogens is 4. The van der Waals surface area contributed by atoms with Crippen molar-refractivity contribution in [2.75, 3.05) is 5.32 Å². The van der Waals surface area contributed by atoms with Gasteiger partial charge in [0.1, 0.15) is 6.54 Å². The molecular formula is C16H14BrN5O2. The first-order chi connectivity index (χ1) is 11.5. The first kappa shape index (κ1) is 16.1. The monoisotopic (exact) mass is 387 g/mol. The largest absolute Gasteiger partial charge is 0.324 e. The molecule has 3 rings (SSSR count). The summed E-state index contributed by atoms with van der Waals surface area (Å²) in [5, 5.41) is 11.0. The number of benzene rings is 1. The van der Waals surface area contributed by atoms with E-state index in [1.54, 1.807) is 30.6 Å². The Labute approximate surface area is 146 Å². The van der Waals surface area contributed by atoms with Crippen LogP contribution in [0.2, 0.25) is 0 Å². The van der Waals surface area contributed by atoms with Crippen molar-refractivity contribution in [1.82, 2.24) is 19.6 Å². The van der Waals surface area contributed by atoms with Crippen LogP contribution in [0.15, 0.2) is 58.1 Å². The molecule has 0 fully saturated rings.